The Balaban J connectivity index is 2.92. The lowest BCUT2D eigenvalue weighted by Gasteiger charge is -2.17. The molecule has 1 heterocycles. The maximum absolute atomic E-state index is 10.7. The van der Waals surface area contributed by atoms with Crippen molar-refractivity contribution in [1.82, 2.24) is 0 Å². The molecule has 1 aliphatic heterocycles. The lowest BCUT2D eigenvalue weighted by molar-refractivity contribution is -0.0241. The first-order valence-corrected chi connectivity index (χ1v) is 4.76. The van der Waals surface area contributed by atoms with Gasteiger partial charge in [-0.1, -0.05) is 0 Å². The summed E-state index contributed by atoms with van der Waals surface area (Å²) in [6.45, 7) is 1.32. The van der Waals surface area contributed by atoms with Crippen LogP contribution in [0, 0.1) is 0 Å². The summed E-state index contributed by atoms with van der Waals surface area (Å²) < 4.78 is 21.5. The first-order valence-electron chi connectivity index (χ1n) is 2.94. The van der Waals surface area contributed by atoms with E-state index in [1.165, 1.54) is 6.92 Å². The molecule has 0 aromatic rings. The number of hydrogen-bond acceptors (Lipinski definition) is 4. The van der Waals surface area contributed by atoms with Crippen LogP contribution in [0.2, 0.25) is 0 Å². The molecule has 1 aliphatic rings. The molecule has 0 aromatic carbocycles. The van der Waals surface area contributed by atoms with Crippen molar-refractivity contribution in [1.29, 1.82) is 0 Å². The van der Waals surface area contributed by atoms with Gasteiger partial charge in [0.25, 0.3) is 0 Å². The van der Waals surface area contributed by atoms with Crippen LogP contribution in [-0.2, 0) is 9.84 Å². The van der Waals surface area contributed by atoms with Crippen molar-refractivity contribution in [2.45, 2.75) is 18.6 Å². The van der Waals surface area contributed by atoms with Crippen molar-refractivity contribution >= 4 is 9.84 Å². The van der Waals surface area contributed by atoms with Crippen LogP contribution < -0.4 is 0 Å². The van der Waals surface area contributed by atoms with Crippen LogP contribution in [-0.4, -0.2) is 41.8 Å². The van der Waals surface area contributed by atoms with Crippen molar-refractivity contribution in [3.8, 4) is 0 Å². The number of aliphatic hydroxyl groups excluding tert-OH is 1. The van der Waals surface area contributed by atoms with E-state index < -0.39 is 21.5 Å². The van der Waals surface area contributed by atoms with Gasteiger partial charge in [-0.05, 0) is 6.92 Å². The predicted octanol–water partition coefficient (Wildman–Crippen LogP) is -1.47. The normalized spacial score (nSPS) is 45.7. The van der Waals surface area contributed by atoms with Gasteiger partial charge in [-0.25, -0.2) is 8.42 Å². The van der Waals surface area contributed by atoms with Crippen molar-refractivity contribution in [3.63, 3.8) is 0 Å². The summed E-state index contributed by atoms with van der Waals surface area (Å²) in [5.74, 6) is -0.652. The molecule has 10 heavy (non-hydrogen) atoms. The highest BCUT2D eigenvalue weighted by Crippen LogP contribution is 2.22. The highest BCUT2D eigenvalue weighted by Gasteiger charge is 2.44. The van der Waals surface area contributed by atoms with Crippen LogP contribution in [0.15, 0.2) is 0 Å². The molecule has 0 amide bonds. The first-order chi connectivity index (χ1) is 4.33. The van der Waals surface area contributed by atoms with Gasteiger partial charge in [-0.15, -0.1) is 0 Å². The third kappa shape index (κ3) is 1.31. The predicted molar refractivity (Wildman–Crippen MR) is 35.3 cm³/mol. The fourth-order valence-corrected chi connectivity index (χ4v) is 3.06. The zero-order valence-corrected chi connectivity index (χ0v) is 6.43. The standard InChI is InChI=1S/C5H10O4S/c1-5(7)3-10(8,9)2-4(5)6/h4,6-7H,2-3H2,1H3. The third-order valence-corrected chi connectivity index (χ3v) is 3.49. The second kappa shape index (κ2) is 1.93. The van der Waals surface area contributed by atoms with Crippen LogP contribution in [0.5, 0.6) is 0 Å². The van der Waals surface area contributed by atoms with E-state index in [2.05, 4.69) is 0 Å². The molecule has 60 valence electrons. The van der Waals surface area contributed by atoms with E-state index in [1.54, 1.807) is 0 Å². The fraction of sp³-hybridized carbons (Fsp3) is 1.00. The van der Waals surface area contributed by atoms with Crippen LogP contribution >= 0.6 is 0 Å². The zero-order valence-electron chi connectivity index (χ0n) is 5.61. The van der Waals surface area contributed by atoms with Gasteiger partial charge in [-0.3, -0.25) is 0 Å². The lowest BCUT2D eigenvalue weighted by Crippen LogP contribution is -2.37. The Bertz CT molecular complexity index is 228. The van der Waals surface area contributed by atoms with Gasteiger partial charge in [0.15, 0.2) is 9.84 Å². The molecule has 0 bridgehead atoms. The molecule has 1 fully saturated rings. The molecular formula is C5H10O4S. The summed E-state index contributed by atoms with van der Waals surface area (Å²) in [5, 5.41) is 18.1. The molecule has 0 spiro atoms. The molecule has 5 heteroatoms. The molecule has 1 rings (SSSR count). The summed E-state index contributed by atoms with van der Waals surface area (Å²) in [6.07, 6.45) is -1.13. The Hall–Kier alpha value is -0.130. The minimum Gasteiger partial charge on any atom is -0.389 e. The van der Waals surface area contributed by atoms with Crippen molar-refractivity contribution in [3.05, 3.63) is 0 Å². The van der Waals surface area contributed by atoms with E-state index in [1.807, 2.05) is 0 Å². The average molecular weight is 166 g/mol. The molecule has 2 atom stereocenters. The molecule has 1 saturated heterocycles. The van der Waals surface area contributed by atoms with Gasteiger partial charge in [0, 0.05) is 0 Å². The molecule has 0 aliphatic carbocycles. The SMILES string of the molecule is CC1(O)CS(=O)(=O)CC1O. The molecule has 2 N–H and O–H groups in total. The monoisotopic (exact) mass is 166 g/mol. The van der Waals surface area contributed by atoms with Crippen LogP contribution in [0.4, 0.5) is 0 Å². The van der Waals surface area contributed by atoms with E-state index in [0.717, 1.165) is 0 Å². The number of sulfone groups is 1. The van der Waals surface area contributed by atoms with Crippen molar-refractivity contribution in [2.75, 3.05) is 11.5 Å². The van der Waals surface area contributed by atoms with Crippen LogP contribution in [0.25, 0.3) is 0 Å². The summed E-state index contributed by atoms with van der Waals surface area (Å²) >= 11 is 0. The molecular weight excluding hydrogens is 156 g/mol. The zero-order chi connectivity index (χ0) is 7.99. The van der Waals surface area contributed by atoms with Crippen LogP contribution in [0.1, 0.15) is 6.92 Å². The molecule has 0 aromatic heterocycles. The Morgan fingerprint density at radius 1 is 1.60 bits per heavy atom. The van der Waals surface area contributed by atoms with E-state index >= 15 is 0 Å². The third-order valence-electron chi connectivity index (χ3n) is 1.64. The van der Waals surface area contributed by atoms with E-state index in [0.29, 0.717) is 0 Å². The van der Waals surface area contributed by atoms with Gasteiger partial charge < -0.3 is 10.2 Å². The second-order valence-electron chi connectivity index (χ2n) is 2.93. The Kier molecular flexibility index (Phi) is 1.54. The number of hydrogen-bond donors (Lipinski definition) is 2. The Morgan fingerprint density at radius 3 is 2.20 bits per heavy atom. The van der Waals surface area contributed by atoms with Gasteiger partial charge in [-0.2, -0.15) is 0 Å². The number of rotatable bonds is 0. The molecule has 2 unspecified atom stereocenters. The van der Waals surface area contributed by atoms with Gasteiger partial charge >= 0.3 is 0 Å². The molecule has 4 nitrogen and oxygen atoms in total. The molecule has 0 saturated carbocycles. The maximum atomic E-state index is 10.7. The topological polar surface area (TPSA) is 74.6 Å². The summed E-state index contributed by atoms with van der Waals surface area (Å²) in [4.78, 5) is 0. The maximum Gasteiger partial charge on any atom is 0.155 e. The quantitative estimate of drug-likeness (QED) is 0.460. The van der Waals surface area contributed by atoms with E-state index in [-0.39, 0.29) is 11.5 Å². The van der Waals surface area contributed by atoms with Crippen molar-refractivity contribution < 1.29 is 18.6 Å². The molecule has 0 radical (unpaired) electrons. The summed E-state index contributed by atoms with van der Waals surface area (Å²) in [7, 11) is -3.20. The minimum absolute atomic E-state index is 0.319. The summed E-state index contributed by atoms with van der Waals surface area (Å²) in [5.41, 5.74) is -1.45. The average Bonchev–Trinajstić information content (AvgIpc) is 1.73. The van der Waals surface area contributed by atoms with E-state index in [4.69, 9.17) is 10.2 Å². The lowest BCUT2D eigenvalue weighted by atomic mass is 10.0. The Morgan fingerprint density at radius 2 is 2.10 bits per heavy atom. The minimum atomic E-state index is -3.20. The largest absolute Gasteiger partial charge is 0.389 e. The smallest absolute Gasteiger partial charge is 0.155 e. The second-order valence-corrected chi connectivity index (χ2v) is 5.04. The van der Waals surface area contributed by atoms with E-state index in [9.17, 15) is 8.42 Å². The highest BCUT2D eigenvalue weighted by atomic mass is 32.2. The highest BCUT2D eigenvalue weighted by molar-refractivity contribution is 7.91. The van der Waals surface area contributed by atoms with Gasteiger partial charge in [0.05, 0.1) is 17.6 Å². The fourth-order valence-electron chi connectivity index (χ4n) is 1.02. The van der Waals surface area contributed by atoms with Gasteiger partial charge in [0.1, 0.15) is 5.60 Å². The van der Waals surface area contributed by atoms with Gasteiger partial charge in [0.2, 0.25) is 0 Å². The van der Waals surface area contributed by atoms with Crippen molar-refractivity contribution in [2.24, 2.45) is 0 Å². The number of aliphatic hydroxyl groups is 2. The first kappa shape index (κ1) is 7.97. The van der Waals surface area contributed by atoms with Crippen LogP contribution in [0.3, 0.4) is 0 Å². The summed E-state index contributed by atoms with van der Waals surface area (Å²) in [6, 6.07) is 0. The Labute approximate surface area is 59.4 Å².